The van der Waals surface area contributed by atoms with E-state index in [0.717, 1.165) is 55.5 Å². The van der Waals surface area contributed by atoms with Gasteiger partial charge in [0.25, 0.3) is 0 Å². The van der Waals surface area contributed by atoms with Gasteiger partial charge in [0.2, 0.25) is 0 Å². The molecule has 11 rings (SSSR count). The van der Waals surface area contributed by atoms with Crippen LogP contribution in [-0.2, 0) is 5.41 Å². The Morgan fingerprint density at radius 1 is 0.418 bits per heavy atom. The monoisotopic (exact) mass is 703 g/mol. The first-order valence-electron chi connectivity index (χ1n) is 19.1. The third-order valence-electron chi connectivity index (χ3n) is 11.8. The Labute approximate surface area is 320 Å². The van der Waals surface area contributed by atoms with Gasteiger partial charge in [-0.15, -0.1) is 0 Å². The lowest BCUT2D eigenvalue weighted by Crippen LogP contribution is -2.17. The Kier molecular flexibility index (Phi) is 6.93. The average Bonchev–Trinajstić information content (AvgIpc) is 3.73. The molecule has 0 unspecified atom stereocenters. The summed E-state index contributed by atoms with van der Waals surface area (Å²) in [6.07, 6.45) is 0. The summed E-state index contributed by atoms with van der Waals surface area (Å²) >= 11 is 0. The second-order valence-electron chi connectivity index (χ2n) is 15.3. The van der Waals surface area contributed by atoms with Gasteiger partial charge >= 0.3 is 0 Å². The molecule has 1 aromatic heterocycles. The summed E-state index contributed by atoms with van der Waals surface area (Å²) in [6, 6.07) is 68.4. The van der Waals surface area contributed by atoms with E-state index in [1.165, 1.54) is 49.5 Å². The SMILES string of the molecule is CC1(C)c2ccccc2-c2ccc(N(c3ccc4ccccc4c3)c3c(-c4ccccc4)ccc4oc5c6ccccc6c(-c6ccccc6)cc5c34)cc21. The largest absolute Gasteiger partial charge is 0.455 e. The van der Waals surface area contributed by atoms with Crippen LogP contribution in [-0.4, -0.2) is 0 Å². The van der Waals surface area contributed by atoms with Crippen LogP contribution in [0.3, 0.4) is 0 Å². The minimum absolute atomic E-state index is 0.156. The number of anilines is 3. The average molecular weight is 704 g/mol. The number of hydrogen-bond donors (Lipinski definition) is 0. The van der Waals surface area contributed by atoms with Crippen LogP contribution < -0.4 is 4.90 Å². The van der Waals surface area contributed by atoms with Crippen LogP contribution in [0.15, 0.2) is 192 Å². The van der Waals surface area contributed by atoms with Crippen LogP contribution in [0, 0.1) is 0 Å². The van der Waals surface area contributed by atoms with Gasteiger partial charge in [-0.1, -0.05) is 159 Å². The van der Waals surface area contributed by atoms with E-state index in [2.05, 4.69) is 207 Å². The molecule has 0 radical (unpaired) electrons. The molecule has 1 heterocycles. The topological polar surface area (TPSA) is 16.4 Å². The molecule has 10 aromatic rings. The third-order valence-corrected chi connectivity index (χ3v) is 11.8. The fourth-order valence-electron chi connectivity index (χ4n) is 9.17. The molecule has 0 amide bonds. The van der Waals surface area contributed by atoms with Crippen molar-refractivity contribution in [2.45, 2.75) is 19.3 Å². The molecule has 0 atom stereocenters. The molecule has 0 aliphatic heterocycles. The van der Waals surface area contributed by atoms with Gasteiger partial charge in [-0.25, -0.2) is 0 Å². The zero-order valence-electron chi connectivity index (χ0n) is 30.8. The van der Waals surface area contributed by atoms with E-state index in [0.29, 0.717) is 0 Å². The van der Waals surface area contributed by atoms with Crippen LogP contribution in [0.5, 0.6) is 0 Å². The van der Waals surface area contributed by atoms with Gasteiger partial charge < -0.3 is 9.32 Å². The van der Waals surface area contributed by atoms with Crippen molar-refractivity contribution < 1.29 is 4.42 Å². The van der Waals surface area contributed by atoms with E-state index in [-0.39, 0.29) is 5.41 Å². The molecule has 1 aliphatic carbocycles. The molecule has 260 valence electrons. The van der Waals surface area contributed by atoms with Crippen molar-refractivity contribution in [1.29, 1.82) is 0 Å². The van der Waals surface area contributed by atoms with Crippen molar-refractivity contribution in [2.75, 3.05) is 4.90 Å². The van der Waals surface area contributed by atoms with Gasteiger partial charge in [0.1, 0.15) is 11.2 Å². The minimum Gasteiger partial charge on any atom is -0.455 e. The molecular formula is C53H37NO. The molecule has 0 bridgehead atoms. The lowest BCUT2D eigenvalue weighted by molar-refractivity contribution is 0.660. The molecule has 0 spiro atoms. The summed E-state index contributed by atoms with van der Waals surface area (Å²) in [5.74, 6) is 0. The van der Waals surface area contributed by atoms with Crippen LogP contribution >= 0.6 is 0 Å². The van der Waals surface area contributed by atoms with E-state index in [9.17, 15) is 0 Å². The highest BCUT2D eigenvalue weighted by molar-refractivity contribution is 6.24. The Balaban J connectivity index is 1.29. The van der Waals surface area contributed by atoms with Crippen LogP contribution in [0.2, 0.25) is 0 Å². The summed E-state index contributed by atoms with van der Waals surface area (Å²) in [7, 11) is 0. The lowest BCUT2D eigenvalue weighted by Gasteiger charge is -2.30. The predicted octanol–water partition coefficient (Wildman–Crippen LogP) is 15.0. The maximum Gasteiger partial charge on any atom is 0.143 e. The van der Waals surface area contributed by atoms with Gasteiger partial charge in [-0.3, -0.25) is 0 Å². The molecule has 2 heteroatoms. The van der Waals surface area contributed by atoms with Crippen LogP contribution in [0.4, 0.5) is 17.1 Å². The Morgan fingerprint density at radius 3 is 1.82 bits per heavy atom. The molecule has 0 saturated carbocycles. The van der Waals surface area contributed by atoms with E-state index in [1.54, 1.807) is 0 Å². The highest BCUT2D eigenvalue weighted by Crippen LogP contribution is 2.54. The number of rotatable bonds is 5. The van der Waals surface area contributed by atoms with E-state index < -0.39 is 0 Å². The minimum atomic E-state index is -0.156. The summed E-state index contributed by atoms with van der Waals surface area (Å²) in [5.41, 5.74) is 14.9. The second kappa shape index (κ2) is 12.1. The maximum atomic E-state index is 7.00. The molecule has 9 aromatic carbocycles. The molecule has 0 N–H and O–H groups in total. The third kappa shape index (κ3) is 4.81. The van der Waals surface area contributed by atoms with Crippen LogP contribution in [0.1, 0.15) is 25.0 Å². The lowest BCUT2D eigenvalue weighted by atomic mass is 9.82. The van der Waals surface area contributed by atoms with Crippen molar-refractivity contribution in [1.82, 2.24) is 0 Å². The summed E-state index contributed by atoms with van der Waals surface area (Å²) < 4.78 is 7.00. The van der Waals surface area contributed by atoms with Crippen LogP contribution in [0.25, 0.3) is 76.9 Å². The van der Waals surface area contributed by atoms with Crippen molar-refractivity contribution >= 4 is 60.5 Å². The Bertz CT molecular complexity index is 3120. The summed E-state index contributed by atoms with van der Waals surface area (Å²) in [6.45, 7) is 4.72. The van der Waals surface area contributed by atoms with E-state index in [4.69, 9.17) is 4.42 Å². The number of fused-ring (bicyclic) bond motifs is 9. The van der Waals surface area contributed by atoms with Gasteiger partial charge in [0, 0.05) is 33.1 Å². The Hall–Kier alpha value is -6.90. The summed E-state index contributed by atoms with van der Waals surface area (Å²) in [5, 5.41) is 6.89. The molecule has 1 aliphatic rings. The zero-order valence-corrected chi connectivity index (χ0v) is 30.8. The normalized spacial score (nSPS) is 13.1. The Morgan fingerprint density at radius 2 is 1.02 bits per heavy atom. The highest BCUT2D eigenvalue weighted by atomic mass is 16.3. The predicted molar refractivity (Wildman–Crippen MR) is 232 cm³/mol. The van der Waals surface area contributed by atoms with Gasteiger partial charge in [-0.05, 0) is 97.6 Å². The first-order valence-corrected chi connectivity index (χ1v) is 19.1. The highest BCUT2D eigenvalue weighted by Gasteiger charge is 2.36. The quantitative estimate of drug-likeness (QED) is 0.177. The molecular weight excluding hydrogens is 667 g/mol. The van der Waals surface area contributed by atoms with Crippen molar-refractivity contribution in [3.8, 4) is 33.4 Å². The van der Waals surface area contributed by atoms with Crippen molar-refractivity contribution in [3.63, 3.8) is 0 Å². The fraction of sp³-hybridized carbons (Fsp3) is 0.0566. The van der Waals surface area contributed by atoms with Crippen molar-refractivity contribution in [3.05, 3.63) is 199 Å². The standard InChI is InChI=1S/C53H37NO/c1-53(2)47-24-14-13-22-42(47)43-28-27-39(32-48(43)53)54(38-26-25-34-15-9-10-20-37(34)31-38)51-40(35-16-5-3-6-17-35)29-30-49-50(51)46-33-45(36-18-7-4-8-19-36)41-21-11-12-23-44(41)52(46)55-49/h3-33H,1-2H3. The van der Waals surface area contributed by atoms with Gasteiger partial charge in [-0.2, -0.15) is 0 Å². The van der Waals surface area contributed by atoms with Crippen molar-refractivity contribution in [2.24, 2.45) is 0 Å². The zero-order chi connectivity index (χ0) is 36.7. The summed E-state index contributed by atoms with van der Waals surface area (Å²) in [4.78, 5) is 2.49. The van der Waals surface area contributed by atoms with Gasteiger partial charge in [0.15, 0.2) is 0 Å². The van der Waals surface area contributed by atoms with E-state index >= 15 is 0 Å². The molecule has 0 fully saturated rings. The molecule has 0 saturated heterocycles. The maximum absolute atomic E-state index is 7.00. The van der Waals surface area contributed by atoms with E-state index in [1.807, 2.05) is 0 Å². The second-order valence-corrected chi connectivity index (χ2v) is 15.3. The smallest absolute Gasteiger partial charge is 0.143 e. The number of nitrogens with zero attached hydrogens (tertiary/aromatic N) is 1. The van der Waals surface area contributed by atoms with Gasteiger partial charge in [0.05, 0.1) is 11.1 Å². The molecule has 55 heavy (non-hydrogen) atoms. The first-order chi connectivity index (χ1) is 27.0. The number of furan rings is 1. The fourth-order valence-corrected chi connectivity index (χ4v) is 9.17. The molecule has 2 nitrogen and oxygen atoms in total. The number of benzene rings is 9. The first kappa shape index (κ1) is 31.6. The number of hydrogen-bond acceptors (Lipinski definition) is 2.